The molecule has 3 heteroatoms. The van der Waals surface area contributed by atoms with Crippen LogP contribution in [-0.2, 0) is 4.74 Å². The van der Waals surface area contributed by atoms with Crippen LogP contribution in [0.3, 0.4) is 0 Å². The lowest BCUT2D eigenvalue weighted by atomic mass is 9.79. The first-order valence-electron chi connectivity index (χ1n) is 7.19. The van der Waals surface area contributed by atoms with Crippen LogP contribution in [0.1, 0.15) is 39.0 Å². The lowest BCUT2D eigenvalue weighted by Crippen LogP contribution is -2.45. The van der Waals surface area contributed by atoms with Gasteiger partial charge in [0.25, 0.3) is 0 Å². The van der Waals surface area contributed by atoms with Crippen LogP contribution in [0, 0.1) is 11.8 Å². The number of hydrogen-bond donors (Lipinski definition) is 1. The van der Waals surface area contributed by atoms with Gasteiger partial charge in [-0.15, -0.1) is 0 Å². The van der Waals surface area contributed by atoms with Crippen LogP contribution in [0.2, 0.25) is 0 Å². The summed E-state index contributed by atoms with van der Waals surface area (Å²) in [6.07, 6.45) is 6.74. The fourth-order valence-corrected chi connectivity index (χ4v) is 3.39. The van der Waals surface area contributed by atoms with E-state index in [-0.39, 0.29) is 0 Å². The van der Waals surface area contributed by atoms with Crippen molar-refractivity contribution >= 4 is 0 Å². The molecule has 0 spiro atoms. The molecular formula is C14H28N2O. The Bertz CT molecular complexity index is 226. The first-order chi connectivity index (χ1) is 8.19. The molecule has 1 aliphatic carbocycles. The van der Waals surface area contributed by atoms with Crippen molar-refractivity contribution in [3.8, 4) is 0 Å². The van der Waals surface area contributed by atoms with Crippen LogP contribution in [-0.4, -0.2) is 43.8 Å². The molecule has 1 saturated carbocycles. The maximum absolute atomic E-state index is 6.26. The second-order valence-electron chi connectivity index (χ2n) is 6.08. The Kier molecular flexibility index (Phi) is 4.83. The van der Waals surface area contributed by atoms with E-state index in [9.17, 15) is 0 Å². The average Bonchev–Trinajstić information content (AvgIpc) is 2.35. The average molecular weight is 240 g/mol. The number of nitrogens with two attached hydrogens (primary N) is 1. The van der Waals surface area contributed by atoms with Gasteiger partial charge in [-0.05, 0) is 43.9 Å². The van der Waals surface area contributed by atoms with Crippen molar-refractivity contribution < 1.29 is 4.74 Å². The highest BCUT2D eigenvalue weighted by Gasteiger charge is 2.29. The number of piperidine rings is 1. The molecule has 0 radical (unpaired) electrons. The van der Waals surface area contributed by atoms with Gasteiger partial charge >= 0.3 is 0 Å². The standard InChI is InChI=1S/C14H28N2O/c1-11-3-4-14(15)12(9-11)10-16-7-5-13(17-2)6-8-16/h11-14H,3-10,15H2,1-2H3. The molecule has 0 bridgehead atoms. The highest BCUT2D eigenvalue weighted by Crippen LogP contribution is 2.29. The topological polar surface area (TPSA) is 38.5 Å². The lowest BCUT2D eigenvalue weighted by molar-refractivity contribution is 0.0318. The number of ether oxygens (including phenoxy) is 1. The van der Waals surface area contributed by atoms with Gasteiger partial charge in [0.2, 0.25) is 0 Å². The second-order valence-corrected chi connectivity index (χ2v) is 6.08. The molecule has 100 valence electrons. The van der Waals surface area contributed by atoms with Crippen molar-refractivity contribution in [3.63, 3.8) is 0 Å². The minimum atomic E-state index is 0.436. The summed E-state index contributed by atoms with van der Waals surface area (Å²) in [7, 11) is 1.83. The highest BCUT2D eigenvalue weighted by molar-refractivity contribution is 4.84. The molecule has 0 aromatic heterocycles. The van der Waals surface area contributed by atoms with E-state index < -0.39 is 0 Å². The van der Waals surface area contributed by atoms with Crippen molar-refractivity contribution in [2.75, 3.05) is 26.7 Å². The Morgan fingerprint density at radius 1 is 1.18 bits per heavy atom. The lowest BCUT2D eigenvalue weighted by Gasteiger charge is -2.38. The Balaban J connectivity index is 1.76. The minimum absolute atomic E-state index is 0.436. The second kappa shape index (κ2) is 6.17. The van der Waals surface area contributed by atoms with Crippen molar-refractivity contribution in [1.29, 1.82) is 0 Å². The van der Waals surface area contributed by atoms with Crippen LogP contribution < -0.4 is 5.73 Å². The zero-order valence-corrected chi connectivity index (χ0v) is 11.4. The van der Waals surface area contributed by atoms with E-state index in [1.165, 1.54) is 51.7 Å². The molecule has 2 N–H and O–H groups in total. The van der Waals surface area contributed by atoms with Gasteiger partial charge in [-0.25, -0.2) is 0 Å². The molecule has 3 unspecified atom stereocenters. The first-order valence-corrected chi connectivity index (χ1v) is 7.19. The van der Waals surface area contributed by atoms with E-state index in [0.29, 0.717) is 12.1 Å². The summed E-state index contributed by atoms with van der Waals surface area (Å²) in [6.45, 7) is 5.96. The molecule has 17 heavy (non-hydrogen) atoms. The SMILES string of the molecule is COC1CCN(CC2CC(C)CCC2N)CC1. The molecule has 1 saturated heterocycles. The summed E-state index contributed by atoms with van der Waals surface area (Å²) in [5, 5.41) is 0. The third kappa shape index (κ3) is 3.67. The molecule has 3 nitrogen and oxygen atoms in total. The van der Waals surface area contributed by atoms with Crippen LogP contribution in [0.4, 0.5) is 0 Å². The first kappa shape index (κ1) is 13.3. The summed E-state index contributed by atoms with van der Waals surface area (Å²) >= 11 is 0. The number of methoxy groups -OCH3 is 1. The Morgan fingerprint density at radius 3 is 2.53 bits per heavy atom. The zero-order valence-electron chi connectivity index (χ0n) is 11.4. The summed E-state index contributed by atoms with van der Waals surface area (Å²) in [4.78, 5) is 2.60. The molecule has 2 aliphatic rings. The fraction of sp³-hybridized carbons (Fsp3) is 1.00. The molecule has 0 aromatic rings. The number of nitrogens with zero attached hydrogens (tertiary/aromatic N) is 1. The summed E-state index contributed by atoms with van der Waals surface area (Å²) in [5.41, 5.74) is 6.26. The highest BCUT2D eigenvalue weighted by atomic mass is 16.5. The summed E-state index contributed by atoms with van der Waals surface area (Å²) in [5.74, 6) is 1.59. The molecule has 2 rings (SSSR count). The molecule has 3 atom stereocenters. The Hall–Kier alpha value is -0.120. The molecule has 0 aromatic carbocycles. The third-order valence-electron chi connectivity index (χ3n) is 4.66. The van der Waals surface area contributed by atoms with Crippen molar-refractivity contribution in [2.45, 2.75) is 51.2 Å². The van der Waals surface area contributed by atoms with Crippen LogP contribution in [0.15, 0.2) is 0 Å². The Labute approximate surface area is 106 Å². The predicted octanol–water partition coefficient (Wildman–Crippen LogP) is 1.86. The van der Waals surface area contributed by atoms with Crippen molar-refractivity contribution in [3.05, 3.63) is 0 Å². The van der Waals surface area contributed by atoms with Gasteiger partial charge in [0, 0.05) is 32.8 Å². The normalized spacial score (nSPS) is 37.2. The fourth-order valence-electron chi connectivity index (χ4n) is 3.39. The van der Waals surface area contributed by atoms with Crippen LogP contribution >= 0.6 is 0 Å². The van der Waals surface area contributed by atoms with Gasteiger partial charge in [-0.1, -0.05) is 6.92 Å². The van der Waals surface area contributed by atoms with Gasteiger partial charge in [0.05, 0.1) is 6.10 Å². The zero-order chi connectivity index (χ0) is 12.3. The molecular weight excluding hydrogens is 212 g/mol. The molecule has 2 fully saturated rings. The van der Waals surface area contributed by atoms with Crippen LogP contribution in [0.25, 0.3) is 0 Å². The smallest absolute Gasteiger partial charge is 0.0595 e. The summed E-state index contributed by atoms with van der Waals surface area (Å²) in [6, 6.07) is 0.436. The largest absolute Gasteiger partial charge is 0.381 e. The summed E-state index contributed by atoms with van der Waals surface area (Å²) < 4.78 is 5.42. The number of likely N-dealkylation sites (tertiary alicyclic amines) is 1. The number of hydrogen-bond acceptors (Lipinski definition) is 3. The van der Waals surface area contributed by atoms with E-state index in [4.69, 9.17) is 10.5 Å². The van der Waals surface area contributed by atoms with E-state index in [1.807, 2.05) is 7.11 Å². The monoisotopic (exact) mass is 240 g/mol. The number of rotatable bonds is 3. The van der Waals surface area contributed by atoms with Gasteiger partial charge < -0.3 is 15.4 Å². The third-order valence-corrected chi connectivity index (χ3v) is 4.66. The Morgan fingerprint density at radius 2 is 1.88 bits per heavy atom. The van der Waals surface area contributed by atoms with Gasteiger partial charge in [-0.3, -0.25) is 0 Å². The molecule has 1 heterocycles. The van der Waals surface area contributed by atoms with Gasteiger partial charge in [0.1, 0.15) is 0 Å². The van der Waals surface area contributed by atoms with E-state index in [1.54, 1.807) is 0 Å². The van der Waals surface area contributed by atoms with E-state index in [0.717, 1.165) is 11.8 Å². The van der Waals surface area contributed by atoms with Crippen molar-refractivity contribution in [1.82, 2.24) is 4.90 Å². The van der Waals surface area contributed by atoms with E-state index in [2.05, 4.69) is 11.8 Å². The quantitative estimate of drug-likeness (QED) is 0.818. The maximum atomic E-state index is 6.26. The molecule has 0 amide bonds. The minimum Gasteiger partial charge on any atom is -0.381 e. The van der Waals surface area contributed by atoms with E-state index >= 15 is 0 Å². The van der Waals surface area contributed by atoms with Gasteiger partial charge in [0.15, 0.2) is 0 Å². The van der Waals surface area contributed by atoms with Crippen LogP contribution in [0.5, 0.6) is 0 Å². The molecule has 1 aliphatic heterocycles. The van der Waals surface area contributed by atoms with Gasteiger partial charge in [-0.2, -0.15) is 0 Å². The maximum Gasteiger partial charge on any atom is 0.0595 e. The predicted molar refractivity (Wildman–Crippen MR) is 71.0 cm³/mol. The van der Waals surface area contributed by atoms with Crippen molar-refractivity contribution in [2.24, 2.45) is 17.6 Å².